The lowest BCUT2D eigenvalue weighted by Gasteiger charge is -2.12. The number of carbonyl (C=O) groups excluding carboxylic acids is 1. The molecule has 0 fully saturated rings. The summed E-state index contributed by atoms with van der Waals surface area (Å²) < 4.78 is 12.0. The zero-order valence-electron chi connectivity index (χ0n) is 15.2. The smallest absolute Gasteiger partial charge is 0.267 e. The highest BCUT2D eigenvalue weighted by Crippen LogP contribution is 2.39. The van der Waals surface area contributed by atoms with Crippen molar-refractivity contribution in [3.05, 3.63) is 81.7 Å². The minimum Gasteiger partial charge on any atom is -0.497 e. The van der Waals surface area contributed by atoms with Crippen molar-refractivity contribution in [1.82, 2.24) is 0 Å². The number of ether oxygens (including phenoxy) is 2. The van der Waals surface area contributed by atoms with E-state index in [0.717, 1.165) is 10.1 Å². The van der Waals surface area contributed by atoms with E-state index in [-0.39, 0.29) is 5.91 Å². The molecule has 3 aromatic carbocycles. The summed E-state index contributed by atoms with van der Waals surface area (Å²) in [6, 6.07) is 19.9. The molecular weight excluding hydrogens is 429 g/mol. The van der Waals surface area contributed by atoms with Crippen LogP contribution in [0.5, 0.6) is 17.2 Å². The summed E-state index contributed by atoms with van der Waals surface area (Å²) in [7, 11) is 1.59. The first-order chi connectivity index (χ1) is 14.0. The third-order valence-corrected chi connectivity index (χ3v) is 6.11. The summed E-state index contributed by atoms with van der Waals surface area (Å²) in [5.41, 5.74) is 0.456. The van der Waals surface area contributed by atoms with E-state index in [1.54, 1.807) is 25.3 Å². The fourth-order valence-electron chi connectivity index (χ4n) is 2.80. The van der Waals surface area contributed by atoms with Crippen LogP contribution in [0, 0.1) is 0 Å². The van der Waals surface area contributed by atoms with E-state index >= 15 is 0 Å². The van der Waals surface area contributed by atoms with E-state index in [1.165, 1.54) is 11.3 Å². The van der Waals surface area contributed by atoms with Crippen molar-refractivity contribution in [3.8, 4) is 17.2 Å². The Hall–Kier alpha value is -2.73. The van der Waals surface area contributed by atoms with Crippen LogP contribution >= 0.6 is 34.5 Å². The molecule has 1 aromatic heterocycles. The first kappa shape index (κ1) is 19.6. The van der Waals surface area contributed by atoms with Gasteiger partial charge in [-0.25, -0.2) is 0 Å². The Morgan fingerprint density at radius 2 is 1.76 bits per heavy atom. The molecule has 4 aromatic rings. The highest BCUT2D eigenvalue weighted by atomic mass is 35.5. The van der Waals surface area contributed by atoms with E-state index < -0.39 is 0 Å². The fraction of sp³-hybridized carbons (Fsp3) is 0.0455. The second kappa shape index (κ2) is 8.33. The molecule has 0 unspecified atom stereocenters. The molecule has 29 heavy (non-hydrogen) atoms. The number of rotatable bonds is 5. The van der Waals surface area contributed by atoms with Crippen molar-refractivity contribution in [2.75, 3.05) is 12.4 Å². The molecule has 146 valence electrons. The van der Waals surface area contributed by atoms with E-state index in [0.29, 0.717) is 37.9 Å². The Balaban J connectivity index is 1.65. The van der Waals surface area contributed by atoms with Gasteiger partial charge in [0.15, 0.2) is 5.75 Å². The van der Waals surface area contributed by atoms with Crippen LogP contribution in [0.15, 0.2) is 66.7 Å². The summed E-state index contributed by atoms with van der Waals surface area (Å²) >= 11 is 13.9. The number of anilines is 1. The van der Waals surface area contributed by atoms with Crippen LogP contribution in [0.1, 0.15) is 9.67 Å². The van der Waals surface area contributed by atoms with Crippen LogP contribution in [0.4, 0.5) is 5.69 Å². The van der Waals surface area contributed by atoms with Gasteiger partial charge in [-0.1, -0.05) is 41.4 Å². The van der Waals surface area contributed by atoms with Crippen LogP contribution in [0.25, 0.3) is 10.1 Å². The second-order valence-corrected chi connectivity index (χ2v) is 7.98. The molecule has 0 aliphatic carbocycles. The first-order valence-electron chi connectivity index (χ1n) is 8.65. The molecule has 1 N–H and O–H groups in total. The van der Waals surface area contributed by atoms with E-state index in [1.807, 2.05) is 48.5 Å². The Morgan fingerprint density at radius 1 is 0.966 bits per heavy atom. The molecule has 0 aliphatic heterocycles. The molecule has 0 bridgehead atoms. The predicted octanol–water partition coefficient (Wildman–Crippen LogP) is 7.26. The Labute approximate surface area is 181 Å². The number of hydrogen-bond donors (Lipinski definition) is 1. The van der Waals surface area contributed by atoms with Gasteiger partial charge in [0.25, 0.3) is 5.91 Å². The number of para-hydroxylation sites is 1. The number of amides is 1. The van der Waals surface area contributed by atoms with E-state index in [4.69, 9.17) is 32.7 Å². The Kier molecular flexibility index (Phi) is 5.62. The van der Waals surface area contributed by atoms with Gasteiger partial charge in [-0.2, -0.15) is 0 Å². The topological polar surface area (TPSA) is 47.6 Å². The number of hydrogen-bond acceptors (Lipinski definition) is 4. The maximum atomic E-state index is 13.0. The number of halogens is 2. The summed E-state index contributed by atoms with van der Waals surface area (Å²) in [6.07, 6.45) is 0. The predicted molar refractivity (Wildman–Crippen MR) is 119 cm³/mol. The molecule has 0 radical (unpaired) electrons. The van der Waals surface area contributed by atoms with Crippen molar-refractivity contribution in [3.63, 3.8) is 0 Å². The van der Waals surface area contributed by atoms with Crippen molar-refractivity contribution >= 4 is 56.2 Å². The zero-order chi connectivity index (χ0) is 20.4. The van der Waals surface area contributed by atoms with Gasteiger partial charge in [-0.05, 0) is 48.5 Å². The number of fused-ring (bicyclic) bond motifs is 1. The summed E-state index contributed by atoms with van der Waals surface area (Å²) in [5, 5.41) is 4.50. The number of methoxy groups -OCH3 is 1. The molecule has 1 heterocycles. The van der Waals surface area contributed by atoms with Crippen LogP contribution in [-0.4, -0.2) is 13.0 Å². The number of thiophene rings is 1. The minimum atomic E-state index is -0.338. The molecule has 0 atom stereocenters. The van der Waals surface area contributed by atoms with Crippen LogP contribution in [0.2, 0.25) is 10.0 Å². The second-order valence-electron chi connectivity index (χ2n) is 6.12. The molecule has 0 spiro atoms. The molecule has 0 saturated carbocycles. The summed E-state index contributed by atoms with van der Waals surface area (Å²) in [6.45, 7) is 0. The maximum Gasteiger partial charge on any atom is 0.267 e. The largest absolute Gasteiger partial charge is 0.497 e. The van der Waals surface area contributed by atoms with Crippen LogP contribution < -0.4 is 14.8 Å². The van der Waals surface area contributed by atoms with Crippen LogP contribution in [-0.2, 0) is 0 Å². The van der Waals surface area contributed by atoms with Gasteiger partial charge in [0.1, 0.15) is 16.4 Å². The molecule has 0 saturated heterocycles. The molecule has 0 aliphatic rings. The molecular formula is C22H15Cl2NO3S. The Bertz CT molecular complexity index is 1190. The van der Waals surface area contributed by atoms with Gasteiger partial charge in [-0.3, -0.25) is 4.79 Å². The average molecular weight is 444 g/mol. The van der Waals surface area contributed by atoms with E-state index in [2.05, 4.69) is 5.32 Å². The standard InChI is InChI=1S/C22H15Cl2NO3S/c1-27-15-8-10-19-16(12-15)20(24)21(29-19)22(26)25-17-11-13(23)7-9-18(17)28-14-5-3-2-4-6-14/h2-12H,1H3,(H,25,26). The third-order valence-electron chi connectivity index (χ3n) is 4.20. The van der Waals surface area contributed by atoms with Gasteiger partial charge in [0.2, 0.25) is 0 Å². The van der Waals surface area contributed by atoms with Crippen molar-refractivity contribution in [2.45, 2.75) is 0 Å². The fourth-order valence-corrected chi connectivity index (χ4v) is 4.36. The van der Waals surface area contributed by atoms with E-state index in [9.17, 15) is 4.79 Å². The highest BCUT2D eigenvalue weighted by molar-refractivity contribution is 7.21. The molecule has 7 heteroatoms. The monoisotopic (exact) mass is 443 g/mol. The maximum absolute atomic E-state index is 13.0. The van der Waals surface area contributed by atoms with Crippen molar-refractivity contribution in [1.29, 1.82) is 0 Å². The quantitative estimate of drug-likeness (QED) is 0.352. The highest BCUT2D eigenvalue weighted by Gasteiger charge is 2.19. The SMILES string of the molecule is COc1ccc2sc(C(=O)Nc3cc(Cl)ccc3Oc3ccccc3)c(Cl)c2c1. The van der Waals surface area contributed by atoms with Gasteiger partial charge >= 0.3 is 0 Å². The van der Waals surface area contributed by atoms with Crippen molar-refractivity contribution in [2.24, 2.45) is 0 Å². The summed E-state index contributed by atoms with van der Waals surface area (Å²) in [5.74, 6) is 1.47. The van der Waals surface area contributed by atoms with Crippen molar-refractivity contribution < 1.29 is 14.3 Å². The number of nitrogens with one attached hydrogen (secondary N) is 1. The lowest BCUT2D eigenvalue weighted by molar-refractivity contribution is 0.103. The van der Waals surface area contributed by atoms with Crippen LogP contribution in [0.3, 0.4) is 0 Å². The van der Waals surface area contributed by atoms with Gasteiger partial charge in [-0.15, -0.1) is 11.3 Å². The first-order valence-corrected chi connectivity index (χ1v) is 10.2. The lowest BCUT2D eigenvalue weighted by atomic mass is 10.2. The van der Waals surface area contributed by atoms with Gasteiger partial charge in [0.05, 0.1) is 17.8 Å². The van der Waals surface area contributed by atoms with Gasteiger partial charge in [0, 0.05) is 15.1 Å². The molecule has 4 nitrogen and oxygen atoms in total. The molecule has 4 rings (SSSR count). The normalized spacial score (nSPS) is 10.7. The third kappa shape index (κ3) is 4.17. The average Bonchev–Trinajstić information content (AvgIpc) is 3.07. The number of carbonyl (C=O) groups is 1. The molecule has 1 amide bonds. The summed E-state index contributed by atoms with van der Waals surface area (Å²) in [4.78, 5) is 13.4. The van der Waals surface area contributed by atoms with Gasteiger partial charge < -0.3 is 14.8 Å². The Morgan fingerprint density at radius 3 is 2.52 bits per heavy atom. The number of benzene rings is 3. The zero-order valence-corrected chi connectivity index (χ0v) is 17.6. The minimum absolute atomic E-state index is 0.338. The lowest BCUT2D eigenvalue weighted by Crippen LogP contribution is -2.11.